The predicted octanol–water partition coefficient (Wildman–Crippen LogP) is 0.285. The molecule has 0 bridgehead atoms. The molecule has 1 amide bonds. The Morgan fingerprint density at radius 2 is 2.57 bits per heavy atom. The number of amides is 1. The van der Waals surface area contributed by atoms with E-state index < -0.39 is 0 Å². The molecule has 1 radical (unpaired) electrons. The highest BCUT2D eigenvalue weighted by Gasteiger charge is 2.19. The van der Waals surface area contributed by atoms with Gasteiger partial charge in [-0.1, -0.05) is 15.9 Å². The smallest absolute Gasteiger partial charge is 0.242 e. The van der Waals surface area contributed by atoms with Crippen LogP contribution in [0.5, 0.6) is 0 Å². The second-order valence-corrected chi connectivity index (χ2v) is 2.83. The Morgan fingerprint density at radius 3 is 2.71 bits per heavy atom. The minimum atomic E-state index is 0.0295. The zero-order valence-corrected chi connectivity index (χ0v) is 5.31. The van der Waals surface area contributed by atoms with Crippen molar-refractivity contribution in [3.63, 3.8) is 0 Å². The summed E-state index contributed by atoms with van der Waals surface area (Å²) in [7, 11) is 0. The van der Waals surface area contributed by atoms with Crippen LogP contribution in [0, 0.1) is 0 Å². The van der Waals surface area contributed by atoms with Crippen molar-refractivity contribution in [1.82, 2.24) is 5.32 Å². The summed E-state index contributed by atoms with van der Waals surface area (Å²) in [6, 6.07) is 0. The molecule has 0 aromatic carbocycles. The summed E-state index contributed by atoms with van der Waals surface area (Å²) in [6.07, 6.45) is 0.583. The van der Waals surface area contributed by atoms with Gasteiger partial charge < -0.3 is 0 Å². The third-order valence-electron chi connectivity index (χ3n) is 0.862. The van der Waals surface area contributed by atoms with Gasteiger partial charge in [-0.3, -0.25) is 10.1 Å². The van der Waals surface area contributed by atoms with E-state index in [2.05, 4.69) is 21.2 Å². The lowest BCUT2D eigenvalue weighted by molar-refractivity contribution is -0.119. The van der Waals surface area contributed by atoms with Crippen LogP contribution in [0.25, 0.3) is 0 Å². The first kappa shape index (κ1) is 5.09. The lowest BCUT2D eigenvalue weighted by Gasteiger charge is -1.84. The van der Waals surface area contributed by atoms with E-state index in [-0.39, 0.29) is 5.91 Å². The van der Waals surface area contributed by atoms with E-state index in [1.807, 2.05) is 0 Å². The number of nitrogens with zero attached hydrogens (tertiary/aromatic N) is 1. The van der Waals surface area contributed by atoms with Crippen molar-refractivity contribution in [1.29, 1.82) is 0 Å². The van der Waals surface area contributed by atoms with Gasteiger partial charge in [0, 0.05) is 11.2 Å². The predicted molar refractivity (Wildman–Crippen MR) is 29.3 cm³/mol. The molecule has 0 aromatic heterocycles. The molecule has 1 fully saturated rings. The molecular formula is C4H5BrNO. The molecule has 1 aliphatic rings. The maximum atomic E-state index is 10.3. The van der Waals surface area contributed by atoms with Crippen LogP contribution in [-0.4, -0.2) is 17.3 Å². The minimum Gasteiger partial charge on any atom is -0.273 e. The maximum absolute atomic E-state index is 10.3. The Labute approximate surface area is 50.4 Å². The first-order valence-corrected chi connectivity index (χ1v) is 3.05. The van der Waals surface area contributed by atoms with Gasteiger partial charge in [-0.05, 0) is 0 Å². The number of hydrogen-bond donors (Lipinski definition) is 0. The lowest BCUT2D eigenvalue weighted by atomic mass is 10.4. The fraction of sp³-hybridized carbons (Fsp3) is 0.750. The van der Waals surface area contributed by atoms with E-state index in [1.165, 1.54) is 0 Å². The molecule has 3 heteroatoms. The molecule has 1 atom stereocenters. The number of rotatable bonds is 0. The summed E-state index contributed by atoms with van der Waals surface area (Å²) < 4.78 is 0. The number of hydrogen-bond acceptors (Lipinski definition) is 1. The van der Waals surface area contributed by atoms with Crippen LogP contribution in [0.4, 0.5) is 0 Å². The number of carbonyl (C=O) groups is 1. The van der Waals surface area contributed by atoms with Crippen LogP contribution >= 0.6 is 15.9 Å². The van der Waals surface area contributed by atoms with Crippen molar-refractivity contribution >= 4 is 21.8 Å². The Kier molecular flexibility index (Phi) is 1.32. The summed E-state index contributed by atoms with van der Waals surface area (Å²) in [6.45, 7) is 0.666. The van der Waals surface area contributed by atoms with E-state index in [0.29, 0.717) is 17.8 Å². The summed E-state index contributed by atoms with van der Waals surface area (Å²) in [5, 5.41) is 3.63. The molecule has 0 N–H and O–H groups in total. The van der Waals surface area contributed by atoms with Gasteiger partial charge in [-0.2, -0.15) is 0 Å². The molecule has 1 aliphatic heterocycles. The van der Waals surface area contributed by atoms with Crippen LogP contribution in [0.2, 0.25) is 0 Å². The Balaban J connectivity index is 2.40. The van der Waals surface area contributed by atoms with Gasteiger partial charge in [0.1, 0.15) is 0 Å². The molecule has 1 saturated heterocycles. The molecular weight excluding hydrogens is 158 g/mol. The van der Waals surface area contributed by atoms with Crippen molar-refractivity contribution in [2.45, 2.75) is 11.2 Å². The van der Waals surface area contributed by atoms with Crippen molar-refractivity contribution in [3.8, 4) is 0 Å². The highest BCUT2D eigenvalue weighted by atomic mass is 79.9. The fourth-order valence-corrected chi connectivity index (χ4v) is 0.941. The lowest BCUT2D eigenvalue weighted by Crippen LogP contribution is -2.03. The van der Waals surface area contributed by atoms with Crippen LogP contribution in [0.15, 0.2) is 0 Å². The Hall–Kier alpha value is -0.0500. The average molecular weight is 163 g/mol. The standard InChI is InChI=1S/C4H5BrNO/c5-3-1-4(7)6-2-3/h3H,1-2H2. The highest BCUT2D eigenvalue weighted by Crippen LogP contribution is 2.09. The molecule has 1 rings (SSSR count). The van der Waals surface area contributed by atoms with Crippen LogP contribution in [-0.2, 0) is 4.79 Å². The van der Waals surface area contributed by atoms with Gasteiger partial charge in [0.05, 0.1) is 6.54 Å². The van der Waals surface area contributed by atoms with Gasteiger partial charge in [-0.15, -0.1) is 0 Å². The van der Waals surface area contributed by atoms with Gasteiger partial charge in [0.2, 0.25) is 5.91 Å². The first-order chi connectivity index (χ1) is 3.29. The van der Waals surface area contributed by atoms with Crippen molar-refractivity contribution in [3.05, 3.63) is 0 Å². The number of carbonyl (C=O) groups excluding carboxylic acids is 1. The molecule has 0 aromatic rings. The average Bonchev–Trinajstić information content (AvgIpc) is 1.87. The van der Waals surface area contributed by atoms with E-state index in [4.69, 9.17) is 0 Å². The van der Waals surface area contributed by atoms with Crippen LogP contribution in [0.1, 0.15) is 6.42 Å². The third-order valence-corrected chi connectivity index (χ3v) is 1.48. The Bertz CT molecular complexity index is 93.7. The van der Waals surface area contributed by atoms with Crippen LogP contribution < -0.4 is 5.32 Å². The first-order valence-electron chi connectivity index (χ1n) is 2.13. The van der Waals surface area contributed by atoms with Crippen molar-refractivity contribution in [2.24, 2.45) is 0 Å². The summed E-state index contributed by atoms with van der Waals surface area (Å²) >= 11 is 3.26. The fourth-order valence-electron chi connectivity index (χ4n) is 0.519. The third kappa shape index (κ3) is 1.16. The van der Waals surface area contributed by atoms with Crippen LogP contribution in [0.3, 0.4) is 0 Å². The number of alkyl halides is 1. The molecule has 1 heterocycles. The molecule has 0 saturated carbocycles. The van der Waals surface area contributed by atoms with E-state index >= 15 is 0 Å². The van der Waals surface area contributed by atoms with E-state index in [9.17, 15) is 4.79 Å². The molecule has 7 heavy (non-hydrogen) atoms. The summed E-state index contributed by atoms with van der Waals surface area (Å²) in [5.74, 6) is 0.0295. The SMILES string of the molecule is O=C1CC(Br)C[N]1. The summed E-state index contributed by atoms with van der Waals surface area (Å²) in [5.41, 5.74) is 0. The van der Waals surface area contributed by atoms with Crippen molar-refractivity contribution < 1.29 is 4.79 Å². The zero-order valence-electron chi connectivity index (χ0n) is 3.72. The molecule has 1 unspecified atom stereocenters. The van der Waals surface area contributed by atoms with Gasteiger partial charge >= 0.3 is 0 Å². The van der Waals surface area contributed by atoms with Gasteiger partial charge in [-0.25, -0.2) is 0 Å². The Morgan fingerprint density at radius 1 is 1.86 bits per heavy atom. The topological polar surface area (TPSA) is 31.2 Å². The maximum Gasteiger partial charge on any atom is 0.242 e. The minimum absolute atomic E-state index is 0.0295. The van der Waals surface area contributed by atoms with Crippen molar-refractivity contribution in [2.75, 3.05) is 6.54 Å². The number of halogens is 1. The van der Waals surface area contributed by atoms with Gasteiger partial charge in [0.15, 0.2) is 0 Å². The monoisotopic (exact) mass is 162 g/mol. The molecule has 2 nitrogen and oxygen atoms in total. The van der Waals surface area contributed by atoms with E-state index in [1.54, 1.807) is 0 Å². The molecule has 39 valence electrons. The normalized spacial score (nSPS) is 30.4. The second-order valence-electron chi connectivity index (χ2n) is 1.54. The molecule has 0 aliphatic carbocycles. The quantitative estimate of drug-likeness (QED) is 0.472. The second kappa shape index (κ2) is 1.82. The molecule has 0 spiro atoms. The highest BCUT2D eigenvalue weighted by molar-refractivity contribution is 9.09. The van der Waals surface area contributed by atoms with Gasteiger partial charge in [0.25, 0.3) is 0 Å². The van der Waals surface area contributed by atoms with E-state index in [0.717, 1.165) is 0 Å². The zero-order chi connectivity index (χ0) is 5.28. The largest absolute Gasteiger partial charge is 0.273 e. The summed E-state index contributed by atoms with van der Waals surface area (Å²) in [4.78, 5) is 10.6.